The second kappa shape index (κ2) is 9.21. The van der Waals surface area contributed by atoms with Crippen molar-refractivity contribution in [1.29, 1.82) is 0 Å². The Labute approximate surface area is 155 Å². The molecule has 146 valence electrons. The third kappa shape index (κ3) is 7.19. The average Bonchev–Trinajstić information content (AvgIpc) is 3.39. The number of guanidine groups is 1. The summed E-state index contributed by atoms with van der Waals surface area (Å²) >= 11 is 0. The van der Waals surface area contributed by atoms with Gasteiger partial charge in [0.15, 0.2) is 17.5 Å². The minimum absolute atomic E-state index is 0.125. The van der Waals surface area contributed by atoms with Crippen molar-refractivity contribution in [1.82, 2.24) is 10.6 Å². The number of aliphatic imine (C=N–C) groups is 1. The van der Waals surface area contributed by atoms with Crippen LogP contribution in [0.2, 0.25) is 0 Å². The Morgan fingerprint density at radius 3 is 2.73 bits per heavy atom. The summed E-state index contributed by atoms with van der Waals surface area (Å²) in [6.07, 6.45) is 4.04. The highest BCUT2D eigenvalue weighted by Gasteiger charge is 2.22. The molecule has 0 spiro atoms. The number of nitrogens with zero attached hydrogens (tertiary/aromatic N) is 1. The summed E-state index contributed by atoms with van der Waals surface area (Å²) in [5, 5.41) is 6.23. The number of benzene rings is 1. The fourth-order valence-corrected chi connectivity index (χ4v) is 3.09. The van der Waals surface area contributed by atoms with Crippen LogP contribution in [0.25, 0.3) is 0 Å². The molecule has 1 atom stereocenters. The third-order valence-electron chi connectivity index (χ3n) is 4.19. The zero-order valence-electron chi connectivity index (χ0n) is 15.6. The molecule has 0 bridgehead atoms. The van der Waals surface area contributed by atoms with Crippen molar-refractivity contribution in [2.75, 3.05) is 32.2 Å². The van der Waals surface area contributed by atoms with Crippen molar-refractivity contribution in [2.45, 2.75) is 32.2 Å². The molecular formula is C18H28FN3O3S. The van der Waals surface area contributed by atoms with E-state index in [0.717, 1.165) is 18.4 Å². The molecular weight excluding hydrogens is 357 g/mol. The van der Waals surface area contributed by atoms with E-state index in [0.29, 0.717) is 31.4 Å². The first-order valence-electron chi connectivity index (χ1n) is 8.85. The van der Waals surface area contributed by atoms with E-state index in [1.807, 2.05) is 13.0 Å². The van der Waals surface area contributed by atoms with Crippen molar-refractivity contribution in [3.05, 3.63) is 29.6 Å². The zero-order valence-corrected chi connectivity index (χ0v) is 16.4. The van der Waals surface area contributed by atoms with Crippen LogP contribution in [0.4, 0.5) is 4.39 Å². The maximum absolute atomic E-state index is 14.2. The Bertz CT molecular complexity index is 733. The smallest absolute Gasteiger partial charge is 0.191 e. The van der Waals surface area contributed by atoms with Crippen LogP contribution in [-0.4, -0.2) is 46.6 Å². The van der Waals surface area contributed by atoms with Crippen LogP contribution in [0, 0.1) is 11.7 Å². The van der Waals surface area contributed by atoms with Gasteiger partial charge in [0.1, 0.15) is 9.84 Å². The van der Waals surface area contributed by atoms with Crippen LogP contribution in [0.5, 0.6) is 5.75 Å². The Hall–Kier alpha value is -1.83. The standard InChI is InChI=1S/C18H28FN3O3S/c1-13(22-18(20-2)21-9-4-10-26(3,23)24)15-7-8-17(16(19)11-15)25-12-14-5-6-14/h7-8,11,13-14H,4-6,9-10,12H2,1-3H3,(H2,20,21,22). The van der Waals surface area contributed by atoms with Gasteiger partial charge >= 0.3 is 0 Å². The van der Waals surface area contributed by atoms with E-state index in [9.17, 15) is 12.8 Å². The summed E-state index contributed by atoms with van der Waals surface area (Å²) in [6.45, 7) is 2.97. The zero-order chi connectivity index (χ0) is 19.2. The quantitative estimate of drug-likeness (QED) is 0.387. The van der Waals surface area contributed by atoms with Gasteiger partial charge in [0.2, 0.25) is 0 Å². The van der Waals surface area contributed by atoms with E-state index in [1.54, 1.807) is 13.1 Å². The Kier molecular flexibility index (Phi) is 7.25. The molecule has 0 radical (unpaired) electrons. The van der Waals surface area contributed by atoms with Crippen molar-refractivity contribution >= 4 is 15.8 Å². The summed E-state index contributed by atoms with van der Waals surface area (Å²) in [6, 6.07) is 4.80. The fourth-order valence-electron chi connectivity index (χ4n) is 2.42. The number of ether oxygens (including phenoxy) is 1. The van der Waals surface area contributed by atoms with E-state index < -0.39 is 9.84 Å². The molecule has 0 aromatic heterocycles. The highest BCUT2D eigenvalue weighted by atomic mass is 32.2. The van der Waals surface area contributed by atoms with Crippen molar-refractivity contribution in [3.8, 4) is 5.75 Å². The van der Waals surface area contributed by atoms with Gasteiger partial charge in [-0.15, -0.1) is 0 Å². The van der Waals surface area contributed by atoms with Gasteiger partial charge in [0.05, 0.1) is 18.4 Å². The van der Waals surface area contributed by atoms with Crippen LogP contribution in [0.15, 0.2) is 23.2 Å². The Morgan fingerprint density at radius 2 is 2.15 bits per heavy atom. The molecule has 6 nitrogen and oxygen atoms in total. The lowest BCUT2D eigenvalue weighted by atomic mass is 10.1. The van der Waals surface area contributed by atoms with Gasteiger partial charge < -0.3 is 15.4 Å². The normalized spacial score (nSPS) is 16.2. The molecule has 2 rings (SSSR count). The molecule has 1 aliphatic carbocycles. The van der Waals surface area contributed by atoms with Crippen LogP contribution in [0.1, 0.15) is 37.8 Å². The predicted molar refractivity (Wildman–Crippen MR) is 102 cm³/mol. The van der Waals surface area contributed by atoms with Crippen molar-refractivity contribution in [3.63, 3.8) is 0 Å². The molecule has 26 heavy (non-hydrogen) atoms. The molecule has 1 fully saturated rings. The van der Waals surface area contributed by atoms with E-state index in [-0.39, 0.29) is 23.4 Å². The van der Waals surface area contributed by atoms with Crippen LogP contribution < -0.4 is 15.4 Å². The van der Waals surface area contributed by atoms with E-state index in [1.165, 1.54) is 12.3 Å². The monoisotopic (exact) mass is 385 g/mol. The van der Waals surface area contributed by atoms with Crippen molar-refractivity contribution in [2.24, 2.45) is 10.9 Å². The molecule has 0 amide bonds. The molecule has 0 saturated heterocycles. The maximum atomic E-state index is 14.2. The lowest BCUT2D eigenvalue weighted by Gasteiger charge is -2.19. The molecule has 1 aromatic carbocycles. The summed E-state index contributed by atoms with van der Waals surface area (Å²) < 4.78 is 42.0. The summed E-state index contributed by atoms with van der Waals surface area (Å²) in [5.41, 5.74) is 0.778. The molecule has 2 N–H and O–H groups in total. The topological polar surface area (TPSA) is 79.8 Å². The number of halogens is 1. The molecule has 1 unspecified atom stereocenters. The van der Waals surface area contributed by atoms with Crippen LogP contribution in [-0.2, 0) is 9.84 Å². The highest BCUT2D eigenvalue weighted by molar-refractivity contribution is 7.90. The SMILES string of the molecule is CN=C(NCCCS(C)(=O)=O)NC(C)c1ccc(OCC2CC2)c(F)c1. The molecule has 0 heterocycles. The van der Waals surface area contributed by atoms with Crippen molar-refractivity contribution < 1.29 is 17.5 Å². The number of rotatable bonds is 9. The number of hydrogen-bond donors (Lipinski definition) is 2. The fraction of sp³-hybridized carbons (Fsp3) is 0.611. The largest absolute Gasteiger partial charge is 0.490 e. The predicted octanol–water partition coefficient (Wildman–Crippen LogP) is 2.28. The van der Waals surface area contributed by atoms with E-state index >= 15 is 0 Å². The molecule has 1 aliphatic rings. The molecule has 1 aromatic rings. The van der Waals surface area contributed by atoms with Gasteiger partial charge in [0.25, 0.3) is 0 Å². The number of sulfone groups is 1. The van der Waals surface area contributed by atoms with Gasteiger partial charge in [-0.1, -0.05) is 6.07 Å². The summed E-state index contributed by atoms with van der Waals surface area (Å²) in [4.78, 5) is 4.11. The number of hydrogen-bond acceptors (Lipinski definition) is 4. The average molecular weight is 386 g/mol. The van der Waals surface area contributed by atoms with Gasteiger partial charge in [-0.3, -0.25) is 4.99 Å². The second-order valence-electron chi connectivity index (χ2n) is 6.79. The highest BCUT2D eigenvalue weighted by Crippen LogP contribution is 2.30. The van der Waals surface area contributed by atoms with E-state index in [2.05, 4.69) is 15.6 Å². The summed E-state index contributed by atoms with van der Waals surface area (Å²) in [7, 11) is -1.33. The molecule has 0 aliphatic heterocycles. The van der Waals surface area contributed by atoms with Crippen LogP contribution >= 0.6 is 0 Å². The van der Waals surface area contributed by atoms with Gasteiger partial charge in [0, 0.05) is 19.8 Å². The molecule has 1 saturated carbocycles. The van der Waals surface area contributed by atoms with Gasteiger partial charge in [-0.25, -0.2) is 12.8 Å². The van der Waals surface area contributed by atoms with Gasteiger partial charge in [-0.2, -0.15) is 0 Å². The minimum atomic E-state index is -2.96. The summed E-state index contributed by atoms with van der Waals surface area (Å²) in [5.74, 6) is 1.16. The second-order valence-corrected chi connectivity index (χ2v) is 9.05. The van der Waals surface area contributed by atoms with Gasteiger partial charge in [-0.05, 0) is 49.8 Å². The Balaban J connectivity index is 1.84. The lowest BCUT2D eigenvalue weighted by Crippen LogP contribution is -2.39. The van der Waals surface area contributed by atoms with E-state index in [4.69, 9.17) is 4.74 Å². The minimum Gasteiger partial charge on any atom is -0.490 e. The lowest BCUT2D eigenvalue weighted by molar-refractivity contribution is 0.285. The first kappa shape index (κ1) is 20.5. The van der Waals surface area contributed by atoms with Crippen LogP contribution in [0.3, 0.4) is 0 Å². The third-order valence-corrected chi connectivity index (χ3v) is 5.22. The number of nitrogens with one attached hydrogen (secondary N) is 2. The first-order valence-corrected chi connectivity index (χ1v) is 10.9. The maximum Gasteiger partial charge on any atom is 0.191 e. The first-order chi connectivity index (χ1) is 12.3. The molecule has 8 heteroatoms. The Morgan fingerprint density at radius 1 is 1.42 bits per heavy atom.